The number of carbonyl (C=O) groups is 1. The van der Waals surface area contributed by atoms with Gasteiger partial charge in [-0.15, -0.1) is 0 Å². The number of aryl methyl sites for hydroxylation is 1. The highest BCUT2D eigenvalue weighted by molar-refractivity contribution is 6.01. The lowest BCUT2D eigenvalue weighted by Gasteiger charge is -2.22. The van der Waals surface area contributed by atoms with Gasteiger partial charge in [-0.05, 0) is 43.4 Å². The van der Waals surface area contributed by atoms with Gasteiger partial charge in [-0.25, -0.2) is 0 Å². The Bertz CT molecular complexity index is 660. The highest BCUT2D eigenvalue weighted by Crippen LogP contribution is 2.33. The monoisotopic (exact) mass is 286 g/mol. The molecule has 2 heterocycles. The summed E-state index contributed by atoms with van der Waals surface area (Å²) in [5.74, 6) is 1.11. The van der Waals surface area contributed by atoms with Gasteiger partial charge in [0, 0.05) is 30.1 Å². The summed E-state index contributed by atoms with van der Waals surface area (Å²) in [5, 5.41) is 1.07. The van der Waals surface area contributed by atoms with E-state index in [0.29, 0.717) is 11.7 Å². The zero-order chi connectivity index (χ0) is 15.0. The van der Waals surface area contributed by atoms with Crippen molar-refractivity contribution in [3.8, 4) is 0 Å². The first-order valence-corrected chi connectivity index (χ1v) is 7.73. The summed E-state index contributed by atoms with van der Waals surface area (Å²) in [6.45, 7) is 7.47. The molecule has 0 amide bonds. The van der Waals surface area contributed by atoms with E-state index in [1.807, 2.05) is 26.8 Å². The van der Waals surface area contributed by atoms with Crippen molar-refractivity contribution in [1.82, 2.24) is 0 Å². The Morgan fingerprint density at radius 3 is 2.62 bits per heavy atom. The third kappa shape index (κ3) is 2.62. The maximum Gasteiger partial charge on any atom is 0.200 e. The van der Waals surface area contributed by atoms with Crippen LogP contribution in [0.25, 0.3) is 11.0 Å². The molecule has 112 valence electrons. The van der Waals surface area contributed by atoms with Crippen LogP contribution >= 0.6 is 0 Å². The third-order valence-corrected chi connectivity index (χ3v) is 4.40. The molecule has 3 rings (SSSR count). The van der Waals surface area contributed by atoms with Gasteiger partial charge in [0.15, 0.2) is 5.76 Å². The molecule has 1 aromatic heterocycles. The Balaban J connectivity index is 2.01. The standard InChI is InChI=1S/C18H22O3/c1-11(2)17(19)18-12(3)15-10-14(4-5-16(15)21-18)13-6-8-20-9-7-13/h4-5,10-11,13H,6-9H2,1-3H3. The lowest BCUT2D eigenvalue weighted by atomic mass is 9.90. The average Bonchev–Trinajstić information content (AvgIpc) is 2.84. The quantitative estimate of drug-likeness (QED) is 0.781. The molecule has 0 unspecified atom stereocenters. The second-order valence-corrected chi connectivity index (χ2v) is 6.22. The minimum Gasteiger partial charge on any atom is -0.453 e. The Kier molecular flexibility index (Phi) is 3.85. The number of carbonyl (C=O) groups excluding carboxylic acids is 1. The largest absolute Gasteiger partial charge is 0.453 e. The maximum atomic E-state index is 12.2. The van der Waals surface area contributed by atoms with E-state index in [0.717, 1.165) is 42.6 Å². The van der Waals surface area contributed by atoms with Gasteiger partial charge in [-0.3, -0.25) is 4.79 Å². The molecule has 0 saturated carbocycles. The van der Waals surface area contributed by atoms with E-state index in [9.17, 15) is 4.79 Å². The third-order valence-electron chi connectivity index (χ3n) is 4.40. The Morgan fingerprint density at radius 1 is 1.24 bits per heavy atom. The summed E-state index contributed by atoms with van der Waals surface area (Å²) in [6.07, 6.45) is 2.14. The second kappa shape index (κ2) is 5.64. The van der Waals surface area contributed by atoms with Gasteiger partial charge in [0.2, 0.25) is 5.78 Å². The van der Waals surface area contributed by atoms with Gasteiger partial charge < -0.3 is 9.15 Å². The van der Waals surface area contributed by atoms with E-state index in [1.165, 1.54) is 5.56 Å². The molecule has 3 nitrogen and oxygen atoms in total. The number of ether oxygens (including phenoxy) is 1. The van der Waals surface area contributed by atoms with Gasteiger partial charge in [-0.1, -0.05) is 19.9 Å². The molecule has 3 heteroatoms. The van der Waals surface area contributed by atoms with Crippen LogP contribution in [0.4, 0.5) is 0 Å². The van der Waals surface area contributed by atoms with Gasteiger partial charge in [0.05, 0.1) is 0 Å². The van der Waals surface area contributed by atoms with Crippen LogP contribution in [-0.4, -0.2) is 19.0 Å². The highest BCUT2D eigenvalue weighted by Gasteiger charge is 2.22. The van der Waals surface area contributed by atoms with Crippen LogP contribution in [0.2, 0.25) is 0 Å². The van der Waals surface area contributed by atoms with Crippen molar-refractivity contribution in [3.05, 3.63) is 35.1 Å². The summed E-state index contributed by atoms with van der Waals surface area (Å²) in [6, 6.07) is 6.33. The van der Waals surface area contributed by atoms with Gasteiger partial charge >= 0.3 is 0 Å². The summed E-state index contributed by atoms with van der Waals surface area (Å²) in [4.78, 5) is 12.2. The first-order chi connectivity index (χ1) is 10.1. The van der Waals surface area contributed by atoms with Crippen LogP contribution in [0.1, 0.15) is 54.3 Å². The molecule has 1 aromatic carbocycles. The minimum absolute atomic E-state index is 0.0424. The van der Waals surface area contributed by atoms with E-state index in [2.05, 4.69) is 12.1 Å². The van der Waals surface area contributed by atoms with Crippen molar-refractivity contribution in [2.24, 2.45) is 5.92 Å². The molecule has 0 bridgehead atoms. The zero-order valence-corrected chi connectivity index (χ0v) is 12.9. The Morgan fingerprint density at radius 2 is 1.95 bits per heavy atom. The number of rotatable bonds is 3. The Hall–Kier alpha value is -1.61. The highest BCUT2D eigenvalue weighted by atomic mass is 16.5. The SMILES string of the molecule is Cc1c(C(=O)C(C)C)oc2ccc(C3CCOCC3)cc12. The van der Waals surface area contributed by atoms with E-state index in [4.69, 9.17) is 9.15 Å². The number of hydrogen-bond donors (Lipinski definition) is 0. The van der Waals surface area contributed by atoms with Gasteiger partial charge in [-0.2, -0.15) is 0 Å². The fraction of sp³-hybridized carbons (Fsp3) is 0.500. The molecule has 0 N–H and O–H groups in total. The number of Topliss-reactive ketones (excluding diaryl/α,β-unsaturated/α-hetero) is 1. The maximum absolute atomic E-state index is 12.2. The smallest absolute Gasteiger partial charge is 0.200 e. The summed E-state index contributed by atoms with van der Waals surface area (Å²) < 4.78 is 11.2. The summed E-state index contributed by atoms with van der Waals surface area (Å²) in [5.41, 5.74) is 3.11. The van der Waals surface area contributed by atoms with Crippen LogP contribution in [0.15, 0.2) is 22.6 Å². The van der Waals surface area contributed by atoms with Crippen LogP contribution in [0, 0.1) is 12.8 Å². The number of ketones is 1. The molecule has 1 aliphatic rings. The molecule has 0 atom stereocenters. The minimum atomic E-state index is -0.0424. The Labute approximate surface area is 125 Å². The molecule has 1 fully saturated rings. The lowest BCUT2D eigenvalue weighted by molar-refractivity contribution is 0.0853. The molecular weight excluding hydrogens is 264 g/mol. The van der Waals surface area contributed by atoms with Crippen LogP contribution in [0.5, 0.6) is 0 Å². The van der Waals surface area contributed by atoms with Crippen molar-refractivity contribution >= 4 is 16.8 Å². The van der Waals surface area contributed by atoms with E-state index in [1.54, 1.807) is 0 Å². The van der Waals surface area contributed by atoms with Crippen molar-refractivity contribution in [3.63, 3.8) is 0 Å². The molecule has 0 radical (unpaired) electrons. The molecular formula is C18H22O3. The average molecular weight is 286 g/mol. The molecule has 2 aromatic rings. The van der Waals surface area contributed by atoms with Gasteiger partial charge in [0.1, 0.15) is 5.58 Å². The summed E-state index contributed by atoms with van der Waals surface area (Å²) in [7, 11) is 0. The normalized spacial score (nSPS) is 16.8. The van der Waals surface area contributed by atoms with E-state index >= 15 is 0 Å². The van der Waals surface area contributed by atoms with Gasteiger partial charge in [0.25, 0.3) is 0 Å². The van der Waals surface area contributed by atoms with Crippen LogP contribution < -0.4 is 0 Å². The number of furan rings is 1. The number of benzene rings is 1. The van der Waals surface area contributed by atoms with Crippen molar-refractivity contribution < 1.29 is 13.9 Å². The topological polar surface area (TPSA) is 39.4 Å². The predicted octanol–water partition coefficient (Wildman–Crippen LogP) is 4.47. The van der Waals surface area contributed by atoms with E-state index in [-0.39, 0.29) is 11.7 Å². The molecule has 0 aliphatic carbocycles. The fourth-order valence-corrected chi connectivity index (χ4v) is 3.02. The summed E-state index contributed by atoms with van der Waals surface area (Å²) >= 11 is 0. The van der Waals surface area contributed by atoms with Crippen molar-refractivity contribution in [1.29, 1.82) is 0 Å². The molecule has 1 saturated heterocycles. The first kappa shape index (κ1) is 14.3. The lowest BCUT2D eigenvalue weighted by Crippen LogP contribution is -2.13. The number of fused-ring (bicyclic) bond motifs is 1. The predicted molar refractivity (Wildman–Crippen MR) is 82.9 cm³/mol. The van der Waals surface area contributed by atoms with E-state index < -0.39 is 0 Å². The van der Waals surface area contributed by atoms with Crippen LogP contribution in [-0.2, 0) is 4.74 Å². The van der Waals surface area contributed by atoms with Crippen molar-refractivity contribution in [2.75, 3.05) is 13.2 Å². The fourth-order valence-electron chi connectivity index (χ4n) is 3.02. The van der Waals surface area contributed by atoms with Crippen LogP contribution in [0.3, 0.4) is 0 Å². The molecule has 0 spiro atoms. The first-order valence-electron chi connectivity index (χ1n) is 7.73. The zero-order valence-electron chi connectivity index (χ0n) is 12.9. The molecule has 21 heavy (non-hydrogen) atoms. The number of hydrogen-bond acceptors (Lipinski definition) is 3. The second-order valence-electron chi connectivity index (χ2n) is 6.22. The molecule has 1 aliphatic heterocycles. The van der Waals surface area contributed by atoms with Crippen molar-refractivity contribution in [2.45, 2.75) is 39.5 Å².